The number of aromatic nitrogens is 2. The second-order valence-corrected chi connectivity index (χ2v) is 8.16. The fraction of sp³-hybridized carbons (Fsp3) is 0.320. The van der Waals surface area contributed by atoms with E-state index in [1.165, 1.54) is 0 Å². The zero-order chi connectivity index (χ0) is 23.9. The Morgan fingerprint density at radius 2 is 1.91 bits per heavy atom. The number of unbranched alkanes of at least 4 members (excludes halogenated alkanes) is 1. The summed E-state index contributed by atoms with van der Waals surface area (Å²) in [4.78, 5) is 23.0. The van der Waals surface area contributed by atoms with Crippen molar-refractivity contribution in [3.63, 3.8) is 0 Å². The third-order valence-electron chi connectivity index (χ3n) is 5.73. The molecule has 0 aliphatic carbocycles. The van der Waals surface area contributed by atoms with E-state index < -0.39 is 6.09 Å². The molecule has 1 amide bonds. The molecule has 1 atom stereocenters. The number of nitrogens with zero attached hydrogens (tertiary/aromatic N) is 3. The van der Waals surface area contributed by atoms with Gasteiger partial charge in [0.1, 0.15) is 5.69 Å². The van der Waals surface area contributed by atoms with Crippen molar-refractivity contribution in [1.29, 1.82) is 0 Å². The number of nitrogens with one attached hydrogen (secondary N) is 3. The summed E-state index contributed by atoms with van der Waals surface area (Å²) in [6.07, 6.45) is 1.24. The molecule has 4 rings (SSSR count). The minimum absolute atomic E-state index is 0.0644. The summed E-state index contributed by atoms with van der Waals surface area (Å²) < 4.78 is 5.36. The summed E-state index contributed by atoms with van der Waals surface area (Å²) >= 11 is 0. The van der Waals surface area contributed by atoms with Crippen LogP contribution in [0.1, 0.15) is 25.3 Å². The lowest BCUT2D eigenvalue weighted by molar-refractivity contribution is 0.143. The summed E-state index contributed by atoms with van der Waals surface area (Å²) in [6.45, 7) is 3.59. The molecule has 34 heavy (non-hydrogen) atoms. The number of alkyl carbamates (subject to hydrolysis) is 1. The van der Waals surface area contributed by atoms with Crippen molar-refractivity contribution in [3.8, 4) is 11.1 Å². The van der Waals surface area contributed by atoms with Crippen LogP contribution in [0.4, 0.5) is 28.1 Å². The molecule has 2 heterocycles. The van der Waals surface area contributed by atoms with Gasteiger partial charge in [0.2, 0.25) is 5.95 Å². The van der Waals surface area contributed by atoms with Gasteiger partial charge in [0.05, 0.1) is 12.8 Å². The van der Waals surface area contributed by atoms with Crippen molar-refractivity contribution in [2.75, 3.05) is 41.5 Å². The van der Waals surface area contributed by atoms with Crippen LogP contribution in [0, 0.1) is 0 Å². The highest BCUT2D eigenvalue weighted by Crippen LogP contribution is 2.37. The zero-order valence-corrected chi connectivity index (χ0v) is 19.5. The molecule has 0 spiro atoms. The monoisotopic (exact) mass is 461 g/mol. The van der Waals surface area contributed by atoms with Gasteiger partial charge in [0, 0.05) is 20.1 Å². The fourth-order valence-electron chi connectivity index (χ4n) is 3.96. The van der Waals surface area contributed by atoms with E-state index in [1.807, 2.05) is 30.3 Å². The van der Waals surface area contributed by atoms with E-state index in [9.17, 15) is 4.79 Å². The number of hydrogen-bond donors (Lipinski definition) is 4. The lowest BCUT2D eigenvalue weighted by atomic mass is 10.0. The maximum Gasteiger partial charge on any atom is 0.407 e. The van der Waals surface area contributed by atoms with E-state index in [0.29, 0.717) is 24.9 Å². The third-order valence-corrected chi connectivity index (χ3v) is 5.73. The minimum Gasteiger partial charge on any atom is -0.450 e. The maximum absolute atomic E-state index is 12.1. The molecular formula is C25H31N7O2. The highest BCUT2D eigenvalue weighted by Gasteiger charge is 2.29. The molecule has 178 valence electrons. The van der Waals surface area contributed by atoms with E-state index in [1.54, 1.807) is 7.05 Å². The van der Waals surface area contributed by atoms with Gasteiger partial charge >= 0.3 is 6.09 Å². The molecule has 0 radical (unpaired) electrons. The van der Waals surface area contributed by atoms with E-state index in [-0.39, 0.29) is 6.17 Å². The Morgan fingerprint density at radius 3 is 2.71 bits per heavy atom. The van der Waals surface area contributed by atoms with Crippen LogP contribution in [0.3, 0.4) is 0 Å². The number of hydrogen-bond acceptors (Lipinski definition) is 8. The van der Waals surface area contributed by atoms with Crippen LogP contribution in [0.15, 0.2) is 54.6 Å². The van der Waals surface area contributed by atoms with Gasteiger partial charge in [-0.05, 0) is 42.5 Å². The molecule has 1 aliphatic heterocycles. The summed E-state index contributed by atoms with van der Waals surface area (Å²) in [6, 6.07) is 18.3. The predicted molar refractivity (Wildman–Crippen MR) is 136 cm³/mol. The lowest BCUT2D eigenvalue weighted by Crippen LogP contribution is -2.34. The summed E-state index contributed by atoms with van der Waals surface area (Å²) in [5, 5.41) is 9.09. The molecule has 1 aliphatic rings. The molecule has 3 aromatic rings. The molecule has 0 saturated heterocycles. The highest BCUT2D eigenvalue weighted by molar-refractivity contribution is 5.82. The predicted octanol–water partition coefficient (Wildman–Crippen LogP) is 4.05. The first-order valence-corrected chi connectivity index (χ1v) is 11.5. The van der Waals surface area contributed by atoms with E-state index >= 15 is 0 Å². The third kappa shape index (κ3) is 5.48. The molecular weight excluding hydrogens is 430 g/mol. The second-order valence-electron chi connectivity index (χ2n) is 8.16. The number of benzene rings is 2. The molecule has 9 nitrogen and oxygen atoms in total. The number of ether oxygens (including phenoxy) is 1. The van der Waals surface area contributed by atoms with Gasteiger partial charge in [-0.25, -0.2) is 4.79 Å². The number of amides is 1. The van der Waals surface area contributed by atoms with Crippen molar-refractivity contribution < 1.29 is 9.53 Å². The van der Waals surface area contributed by atoms with Gasteiger partial charge in [-0.2, -0.15) is 9.97 Å². The SMILES string of the molecule is CNc1nc(N)c2c(n1)N(CCCCOC(=O)NCc1cccc(-c3ccccc3)c1)C(C)N2. The molecule has 9 heteroatoms. The Bertz CT molecular complexity index is 1120. The van der Waals surface area contributed by atoms with Gasteiger partial charge < -0.3 is 31.3 Å². The van der Waals surface area contributed by atoms with Crippen molar-refractivity contribution in [2.45, 2.75) is 32.5 Å². The van der Waals surface area contributed by atoms with Crippen LogP contribution in [0.2, 0.25) is 0 Å². The standard InChI is InChI=1S/C25H31N7O2/c1-17-29-21-22(26)30-24(27-2)31-23(21)32(17)13-6-7-14-34-25(33)28-16-18-9-8-12-20(15-18)19-10-4-3-5-11-19/h3-5,8-12,15,17,29H,6-7,13-14,16H2,1-2H3,(H,28,33)(H3,26,27,30,31). The highest BCUT2D eigenvalue weighted by atomic mass is 16.5. The van der Waals surface area contributed by atoms with E-state index in [2.05, 4.69) is 62.0 Å². The Hall–Kier alpha value is -4.01. The molecule has 1 aromatic heterocycles. The quantitative estimate of drug-likeness (QED) is 0.353. The van der Waals surface area contributed by atoms with Gasteiger partial charge in [0.25, 0.3) is 0 Å². The molecule has 0 fully saturated rings. The molecule has 5 N–H and O–H groups in total. The van der Waals surface area contributed by atoms with Crippen LogP contribution in [-0.2, 0) is 11.3 Å². The van der Waals surface area contributed by atoms with E-state index in [0.717, 1.165) is 47.6 Å². The first-order valence-electron chi connectivity index (χ1n) is 11.5. The van der Waals surface area contributed by atoms with Gasteiger partial charge in [-0.1, -0.05) is 48.5 Å². The Balaban J connectivity index is 1.19. The van der Waals surface area contributed by atoms with Crippen molar-refractivity contribution in [3.05, 3.63) is 60.2 Å². The summed E-state index contributed by atoms with van der Waals surface area (Å²) in [5.74, 6) is 1.71. The first-order chi connectivity index (χ1) is 16.5. The maximum atomic E-state index is 12.1. The number of nitrogens with two attached hydrogens (primary N) is 1. The van der Waals surface area contributed by atoms with Gasteiger partial charge in [-0.15, -0.1) is 0 Å². The number of carbonyl (C=O) groups excluding carboxylic acids is 1. The summed E-state index contributed by atoms with van der Waals surface area (Å²) in [7, 11) is 1.76. The van der Waals surface area contributed by atoms with Gasteiger partial charge in [0.15, 0.2) is 11.6 Å². The normalized spacial score (nSPS) is 14.3. The average Bonchev–Trinajstić information content (AvgIpc) is 3.18. The lowest BCUT2D eigenvalue weighted by Gasteiger charge is -2.22. The van der Waals surface area contributed by atoms with Crippen LogP contribution < -0.4 is 26.6 Å². The summed E-state index contributed by atoms with van der Waals surface area (Å²) in [5.41, 5.74) is 10.1. The van der Waals surface area contributed by atoms with Crippen molar-refractivity contribution >= 4 is 29.4 Å². The second kappa shape index (κ2) is 10.7. The van der Waals surface area contributed by atoms with Crippen molar-refractivity contribution in [2.24, 2.45) is 0 Å². The number of rotatable bonds is 9. The smallest absolute Gasteiger partial charge is 0.407 e. The molecule has 2 aromatic carbocycles. The van der Waals surface area contributed by atoms with Crippen LogP contribution in [-0.4, -0.2) is 42.4 Å². The number of carbonyl (C=O) groups is 1. The van der Waals surface area contributed by atoms with Crippen molar-refractivity contribution in [1.82, 2.24) is 15.3 Å². The topological polar surface area (TPSA) is 117 Å². The zero-order valence-electron chi connectivity index (χ0n) is 19.5. The Labute approximate surface area is 199 Å². The number of nitrogen functional groups attached to an aromatic ring is 1. The van der Waals surface area contributed by atoms with Gasteiger partial charge in [-0.3, -0.25) is 0 Å². The first kappa shape index (κ1) is 23.2. The van der Waals surface area contributed by atoms with Crippen LogP contribution in [0.25, 0.3) is 11.1 Å². The average molecular weight is 462 g/mol. The number of anilines is 4. The van der Waals surface area contributed by atoms with Crippen LogP contribution in [0.5, 0.6) is 0 Å². The Morgan fingerprint density at radius 1 is 1.12 bits per heavy atom. The minimum atomic E-state index is -0.411. The number of fused-ring (bicyclic) bond motifs is 1. The Kier molecular flexibility index (Phi) is 7.31. The fourth-order valence-corrected chi connectivity index (χ4v) is 3.96. The molecule has 1 unspecified atom stereocenters. The van der Waals surface area contributed by atoms with E-state index in [4.69, 9.17) is 10.5 Å². The largest absolute Gasteiger partial charge is 0.450 e. The molecule has 0 bridgehead atoms. The van der Waals surface area contributed by atoms with Crippen LogP contribution >= 0.6 is 0 Å². The molecule has 0 saturated carbocycles.